The predicted octanol–water partition coefficient (Wildman–Crippen LogP) is 1.39. The van der Waals surface area contributed by atoms with Gasteiger partial charge in [0.2, 0.25) is 0 Å². The molecule has 0 aromatic heterocycles. The van der Waals surface area contributed by atoms with Crippen LogP contribution in [0.15, 0.2) is 14.6 Å². The molecule has 0 atom stereocenters. The maximum absolute atomic E-state index is 3.94. The van der Waals surface area contributed by atoms with Crippen molar-refractivity contribution >= 4 is 28.8 Å². The van der Waals surface area contributed by atoms with E-state index in [-0.39, 0.29) is 0 Å². The average molecular weight is 193 g/mol. The Balaban J connectivity index is 2.61. The molecule has 6 heavy (non-hydrogen) atoms. The van der Waals surface area contributed by atoms with Crippen molar-refractivity contribution in [3.8, 4) is 0 Å². The lowest BCUT2D eigenvalue weighted by molar-refractivity contribution is 1.29. The van der Waals surface area contributed by atoms with Gasteiger partial charge in [0.05, 0.1) is 6.54 Å². The van der Waals surface area contributed by atoms with E-state index in [1.165, 1.54) is 3.58 Å². The van der Waals surface area contributed by atoms with E-state index in [4.69, 9.17) is 0 Å². The largest absolute Gasteiger partial charge is 0.288 e. The summed E-state index contributed by atoms with van der Waals surface area (Å²) >= 11 is 2.27. The van der Waals surface area contributed by atoms with Crippen LogP contribution in [0, 0.1) is 0 Å². The van der Waals surface area contributed by atoms with Crippen LogP contribution in [0.4, 0.5) is 0 Å². The standard InChI is InChI=1S/C4H4IN/c5-4-1-2-6-3-4/h1-2H,3H2. The summed E-state index contributed by atoms with van der Waals surface area (Å²) < 4.78 is 1.33. The first kappa shape index (κ1) is 4.30. The third-order valence-corrected chi connectivity index (χ3v) is 1.30. The van der Waals surface area contributed by atoms with Gasteiger partial charge in [0, 0.05) is 9.79 Å². The van der Waals surface area contributed by atoms with E-state index in [2.05, 4.69) is 27.6 Å². The lowest BCUT2D eigenvalue weighted by Gasteiger charge is -1.75. The highest BCUT2D eigenvalue weighted by Crippen LogP contribution is 2.07. The van der Waals surface area contributed by atoms with E-state index >= 15 is 0 Å². The summed E-state index contributed by atoms with van der Waals surface area (Å²) in [4.78, 5) is 3.94. The van der Waals surface area contributed by atoms with E-state index in [1.807, 2.05) is 12.3 Å². The average Bonchev–Trinajstić information content (AvgIpc) is 1.86. The van der Waals surface area contributed by atoms with E-state index < -0.39 is 0 Å². The lowest BCUT2D eigenvalue weighted by Crippen LogP contribution is -1.64. The molecule has 0 saturated carbocycles. The minimum Gasteiger partial charge on any atom is -0.288 e. The summed E-state index contributed by atoms with van der Waals surface area (Å²) in [5, 5.41) is 0. The number of nitrogens with zero attached hydrogens (tertiary/aromatic N) is 1. The van der Waals surface area contributed by atoms with E-state index in [0.29, 0.717) is 0 Å². The highest BCUT2D eigenvalue weighted by atomic mass is 127. The number of halogens is 1. The van der Waals surface area contributed by atoms with Crippen molar-refractivity contribution in [1.82, 2.24) is 0 Å². The van der Waals surface area contributed by atoms with Crippen LogP contribution < -0.4 is 0 Å². The molecule has 1 aliphatic rings. The third-order valence-electron chi connectivity index (χ3n) is 0.603. The maximum atomic E-state index is 3.94. The Hall–Kier alpha value is 0.140. The summed E-state index contributed by atoms with van der Waals surface area (Å²) in [5.41, 5.74) is 0. The molecule has 0 bridgehead atoms. The van der Waals surface area contributed by atoms with Crippen molar-refractivity contribution in [2.75, 3.05) is 6.54 Å². The van der Waals surface area contributed by atoms with Gasteiger partial charge >= 0.3 is 0 Å². The topological polar surface area (TPSA) is 12.4 Å². The van der Waals surface area contributed by atoms with E-state index in [1.54, 1.807) is 0 Å². The maximum Gasteiger partial charge on any atom is 0.0697 e. The second kappa shape index (κ2) is 1.73. The minimum atomic E-state index is 0.903. The molecule has 1 heterocycles. The van der Waals surface area contributed by atoms with Crippen LogP contribution in [0.1, 0.15) is 0 Å². The first-order valence-corrected chi connectivity index (χ1v) is 2.82. The van der Waals surface area contributed by atoms with Crippen molar-refractivity contribution < 1.29 is 0 Å². The van der Waals surface area contributed by atoms with Crippen molar-refractivity contribution in [3.05, 3.63) is 9.66 Å². The van der Waals surface area contributed by atoms with Gasteiger partial charge in [0.15, 0.2) is 0 Å². The second-order valence-electron chi connectivity index (χ2n) is 1.10. The molecular formula is C4H4IN. The molecule has 1 rings (SSSR count). The molecule has 0 saturated heterocycles. The van der Waals surface area contributed by atoms with Gasteiger partial charge in [0.1, 0.15) is 0 Å². The SMILES string of the molecule is IC1=CC=NC1. The summed E-state index contributed by atoms with van der Waals surface area (Å²) in [7, 11) is 0. The molecule has 0 spiro atoms. The lowest BCUT2D eigenvalue weighted by atomic mass is 10.6. The zero-order valence-electron chi connectivity index (χ0n) is 3.19. The van der Waals surface area contributed by atoms with Gasteiger partial charge in [-0.2, -0.15) is 0 Å². The molecule has 0 N–H and O–H groups in total. The van der Waals surface area contributed by atoms with E-state index in [0.717, 1.165) is 6.54 Å². The molecule has 0 aromatic rings. The Morgan fingerprint density at radius 3 is 2.83 bits per heavy atom. The predicted molar refractivity (Wildman–Crippen MR) is 35.5 cm³/mol. The molecule has 1 nitrogen and oxygen atoms in total. The van der Waals surface area contributed by atoms with E-state index in [9.17, 15) is 0 Å². The first-order chi connectivity index (χ1) is 2.89. The Labute approximate surface area is 50.3 Å². The molecule has 0 aromatic carbocycles. The molecular weight excluding hydrogens is 189 g/mol. The van der Waals surface area contributed by atoms with Crippen molar-refractivity contribution in [3.63, 3.8) is 0 Å². The molecule has 0 aliphatic carbocycles. The van der Waals surface area contributed by atoms with Gasteiger partial charge in [-0.1, -0.05) is 0 Å². The normalized spacial score (nSPS) is 18.5. The van der Waals surface area contributed by atoms with Gasteiger partial charge < -0.3 is 0 Å². The quantitative estimate of drug-likeness (QED) is 0.515. The summed E-state index contributed by atoms with van der Waals surface area (Å²) in [6.07, 6.45) is 3.85. The fourth-order valence-electron chi connectivity index (χ4n) is 0.326. The van der Waals surface area contributed by atoms with Crippen LogP contribution in [-0.4, -0.2) is 12.8 Å². The van der Waals surface area contributed by atoms with Crippen molar-refractivity contribution in [2.45, 2.75) is 0 Å². The summed E-state index contributed by atoms with van der Waals surface area (Å²) in [6, 6.07) is 0. The minimum absolute atomic E-state index is 0.903. The molecule has 0 unspecified atom stereocenters. The van der Waals surface area contributed by atoms with Crippen LogP contribution in [0.3, 0.4) is 0 Å². The summed E-state index contributed by atoms with van der Waals surface area (Å²) in [5.74, 6) is 0. The van der Waals surface area contributed by atoms with Crippen LogP contribution in [0.25, 0.3) is 0 Å². The molecule has 0 radical (unpaired) electrons. The molecule has 1 aliphatic heterocycles. The highest BCUT2D eigenvalue weighted by Gasteiger charge is 1.89. The van der Waals surface area contributed by atoms with Gasteiger partial charge in [-0.25, -0.2) is 0 Å². The van der Waals surface area contributed by atoms with Crippen molar-refractivity contribution in [2.24, 2.45) is 4.99 Å². The fraction of sp³-hybridized carbons (Fsp3) is 0.250. The third kappa shape index (κ3) is 0.801. The van der Waals surface area contributed by atoms with Gasteiger partial charge in [-0.15, -0.1) is 0 Å². The monoisotopic (exact) mass is 193 g/mol. The Morgan fingerprint density at radius 1 is 1.83 bits per heavy atom. The first-order valence-electron chi connectivity index (χ1n) is 1.74. The number of hydrogen-bond acceptors (Lipinski definition) is 1. The Kier molecular flexibility index (Phi) is 1.24. The fourth-order valence-corrected chi connectivity index (χ4v) is 0.684. The number of rotatable bonds is 0. The zero-order chi connectivity index (χ0) is 4.41. The molecule has 32 valence electrons. The second-order valence-corrected chi connectivity index (χ2v) is 2.49. The number of aliphatic imine (C=N–C) groups is 1. The molecule has 0 fully saturated rings. The van der Waals surface area contributed by atoms with Gasteiger partial charge in [-0.05, 0) is 28.7 Å². The zero-order valence-corrected chi connectivity index (χ0v) is 5.34. The van der Waals surface area contributed by atoms with Crippen LogP contribution in [0.5, 0.6) is 0 Å². The highest BCUT2D eigenvalue weighted by molar-refractivity contribution is 14.1. The van der Waals surface area contributed by atoms with Gasteiger partial charge in [-0.3, -0.25) is 4.99 Å². The number of allylic oxidation sites excluding steroid dienone is 1. The number of hydrogen-bond donors (Lipinski definition) is 0. The van der Waals surface area contributed by atoms with Crippen molar-refractivity contribution in [1.29, 1.82) is 0 Å². The van der Waals surface area contributed by atoms with Crippen LogP contribution in [-0.2, 0) is 0 Å². The summed E-state index contributed by atoms with van der Waals surface area (Å²) in [6.45, 7) is 0.903. The van der Waals surface area contributed by atoms with Crippen LogP contribution in [0.2, 0.25) is 0 Å². The molecule has 0 amide bonds. The Bertz CT molecular complexity index is 104. The molecule has 2 heteroatoms. The van der Waals surface area contributed by atoms with Crippen LogP contribution >= 0.6 is 22.6 Å². The van der Waals surface area contributed by atoms with Gasteiger partial charge in [0.25, 0.3) is 0 Å². The Morgan fingerprint density at radius 2 is 2.67 bits per heavy atom. The smallest absolute Gasteiger partial charge is 0.0697 e.